The first-order valence-corrected chi connectivity index (χ1v) is 12.5. The predicted molar refractivity (Wildman–Crippen MR) is 123 cm³/mol. The molecule has 7 nitrogen and oxygen atoms in total. The molecule has 0 aromatic heterocycles. The molecule has 1 heterocycles. The van der Waals surface area contributed by atoms with E-state index < -0.39 is 23.9 Å². The van der Waals surface area contributed by atoms with E-state index in [-0.39, 0.29) is 48.1 Å². The Balaban J connectivity index is 1.98. The summed E-state index contributed by atoms with van der Waals surface area (Å²) in [4.78, 5) is 42.0. The van der Waals surface area contributed by atoms with Crippen molar-refractivity contribution < 1.29 is 19.5 Å². The van der Waals surface area contributed by atoms with Gasteiger partial charge in [-0.1, -0.05) is 52.2 Å². The highest BCUT2D eigenvalue weighted by atomic mass is 16.3. The van der Waals surface area contributed by atoms with Crippen LogP contribution < -0.4 is 10.6 Å². The third-order valence-corrected chi connectivity index (χ3v) is 7.64. The maximum atomic E-state index is 13.8. The van der Waals surface area contributed by atoms with E-state index in [1.54, 1.807) is 11.9 Å². The van der Waals surface area contributed by atoms with Crippen molar-refractivity contribution in [1.29, 1.82) is 0 Å². The fourth-order valence-electron chi connectivity index (χ4n) is 6.11. The van der Waals surface area contributed by atoms with Gasteiger partial charge in [-0.2, -0.15) is 0 Å². The molecule has 0 radical (unpaired) electrons. The van der Waals surface area contributed by atoms with E-state index in [0.29, 0.717) is 6.42 Å². The molecule has 1 aliphatic heterocycles. The number of aliphatic hydroxyl groups excluding tert-OH is 1. The first kappa shape index (κ1) is 24.7. The minimum absolute atomic E-state index is 0.0418. The predicted octanol–water partition coefficient (Wildman–Crippen LogP) is 2.24. The molecule has 180 valence electrons. The maximum absolute atomic E-state index is 13.8. The Labute approximate surface area is 192 Å². The molecule has 32 heavy (non-hydrogen) atoms. The number of carbonyl (C=O) groups is 3. The zero-order valence-corrected chi connectivity index (χ0v) is 20.0. The highest BCUT2D eigenvalue weighted by molar-refractivity contribution is 5.97. The average molecular weight is 448 g/mol. The highest BCUT2D eigenvalue weighted by Crippen LogP contribution is 2.46. The monoisotopic (exact) mass is 447 g/mol. The molecule has 3 amide bonds. The van der Waals surface area contributed by atoms with E-state index in [4.69, 9.17) is 0 Å². The van der Waals surface area contributed by atoms with Crippen molar-refractivity contribution in [3.05, 3.63) is 12.2 Å². The number of hydrogen-bond acceptors (Lipinski definition) is 4. The highest BCUT2D eigenvalue weighted by Gasteiger charge is 2.58. The molecule has 0 aromatic carbocycles. The first-order chi connectivity index (χ1) is 15.3. The molecule has 1 saturated heterocycles. The zero-order chi connectivity index (χ0) is 23.4. The lowest BCUT2D eigenvalue weighted by atomic mass is 9.68. The Kier molecular flexibility index (Phi) is 8.37. The molecule has 2 fully saturated rings. The van der Waals surface area contributed by atoms with Gasteiger partial charge in [0.25, 0.3) is 0 Å². The van der Waals surface area contributed by atoms with Crippen LogP contribution in [0.3, 0.4) is 0 Å². The average Bonchev–Trinajstić information content (AvgIpc) is 3.09. The number of carbonyl (C=O) groups excluding carboxylic acids is 3. The summed E-state index contributed by atoms with van der Waals surface area (Å²) in [7, 11) is 1.60. The molecule has 1 saturated carbocycles. The van der Waals surface area contributed by atoms with Crippen LogP contribution in [-0.4, -0.2) is 59.5 Å². The van der Waals surface area contributed by atoms with Crippen LogP contribution in [0.5, 0.6) is 0 Å². The molecule has 7 heteroatoms. The van der Waals surface area contributed by atoms with Gasteiger partial charge in [0.05, 0.1) is 24.5 Å². The number of nitrogens with zero attached hydrogens (tertiary/aromatic N) is 1. The third-order valence-electron chi connectivity index (χ3n) is 7.64. The largest absolute Gasteiger partial charge is 0.394 e. The van der Waals surface area contributed by atoms with Gasteiger partial charge in [0, 0.05) is 19.0 Å². The number of rotatable bonds is 8. The molecule has 3 aliphatic rings. The number of aliphatic hydroxyl groups is 1. The minimum atomic E-state index is -0.688. The second kappa shape index (κ2) is 10.8. The number of amides is 3. The van der Waals surface area contributed by atoms with Crippen molar-refractivity contribution >= 4 is 17.7 Å². The molecule has 3 rings (SSSR count). The van der Waals surface area contributed by atoms with Gasteiger partial charge >= 0.3 is 0 Å². The number of allylic oxidation sites excluding steroid dienone is 1. The third kappa shape index (κ3) is 4.87. The van der Waals surface area contributed by atoms with Gasteiger partial charge in [0.2, 0.25) is 17.7 Å². The van der Waals surface area contributed by atoms with Crippen LogP contribution in [0.15, 0.2) is 12.2 Å². The fraction of sp³-hybridized carbons (Fsp3) is 0.800. The number of nitrogens with one attached hydrogen (secondary N) is 2. The van der Waals surface area contributed by atoms with E-state index in [0.717, 1.165) is 32.1 Å². The molecule has 0 unspecified atom stereocenters. The Morgan fingerprint density at radius 3 is 2.41 bits per heavy atom. The summed E-state index contributed by atoms with van der Waals surface area (Å²) in [5.74, 6) is -1.68. The molecular weight excluding hydrogens is 406 g/mol. The van der Waals surface area contributed by atoms with Gasteiger partial charge in [0.15, 0.2) is 0 Å². The molecule has 0 bridgehead atoms. The lowest BCUT2D eigenvalue weighted by Gasteiger charge is -2.35. The second-order valence-electron chi connectivity index (χ2n) is 10.2. The first-order valence-electron chi connectivity index (χ1n) is 12.5. The van der Waals surface area contributed by atoms with Crippen LogP contribution in [0.2, 0.25) is 0 Å². The van der Waals surface area contributed by atoms with E-state index in [2.05, 4.69) is 10.6 Å². The molecule has 6 atom stereocenters. The lowest BCUT2D eigenvalue weighted by molar-refractivity contribution is -0.143. The fourth-order valence-corrected chi connectivity index (χ4v) is 6.11. The van der Waals surface area contributed by atoms with E-state index >= 15 is 0 Å². The van der Waals surface area contributed by atoms with Gasteiger partial charge < -0.3 is 20.6 Å². The zero-order valence-electron chi connectivity index (χ0n) is 20.0. The van der Waals surface area contributed by atoms with Gasteiger partial charge in [-0.25, -0.2) is 0 Å². The van der Waals surface area contributed by atoms with Crippen molar-refractivity contribution in [1.82, 2.24) is 15.5 Å². The topological polar surface area (TPSA) is 98.7 Å². The Morgan fingerprint density at radius 2 is 1.84 bits per heavy atom. The van der Waals surface area contributed by atoms with Gasteiger partial charge in [-0.15, -0.1) is 0 Å². The molecule has 0 aromatic rings. The van der Waals surface area contributed by atoms with Crippen molar-refractivity contribution in [3.63, 3.8) is 0 Å². The minimum Gasteiger partial charge on any atom is -0.394 e. The number of hydrogen-bond donors (Lipinski definition) is 3. The van der Waals surface area contributed by atoms with Crippen LogP contribution in [0, 0.1) is 29.6 Å². The normalized spacial score (nSPS) is 31.5. The van der Waals surface area contributed by atoms with Crippen LogP contribution in [0.1, 0.15) is 65.7 Å². The van der Waals surface area contributed by atoms with Crippen molar-refractivity contribution in [2.75, 3.05) is 13.7 Å². The van der Waals surface area contributed by atoms with E-state index in [9.17, 15) is 19.5 Å². The quantitative estimate of drug-likeness (QED) is 0.497. The van der Waals surface area contributed by atoms with Crippen LogP contribution in [-0.2, 0) is 14.4 Å². The van der Waals surface area contributed by atoms with E-state index in [1.165, 1.54) is 6.42 Å². The van der Waals surface area contributed by atoms with Crippen LogP contribution in [0.4, 0.5) is 0 Å². The van der Waals surface area contributed by atoms with Gasteiger partial charge in [0.1, 0.15) is 6.04 Å². The summed E-state index contributed by atoms with van der Waals surface area (Å²) in [6, 6.07) is -0.990. The second-order valence-corrected chi connectivity index (χ2v) is 10.2. The number of fused-ring (bicyclic) bond motifs is 1. The Hall–Kier alpha value is -1.89. The lowest BCUT2D eigenvalue weighted by Crippen LogP contribution is -2.54. The van der Waals surface area contributed by atoms with Gasteiger partial charge in [-0.3, -0.25) is 14.4 Å². The van der Waals surface area contributed by atoms with Crippen molar-refractivity contribution in [2.24, 2.45) is 29.6 Å². The van der Waals surface area contributed by atoms with Crippen molar-refractivity contribution in [3.8, 4) is 0 Å². The van der Waals surface area contributed by atoms with Crippen LogP contribution >= 0.6 is 0 Å². The molecule has 0 spiro atoms. The summed E-state index contributed by atoms with van der Waals surface area (Å²) in [6.07, 6.45) is 10.7. The summed E-state index contributed by atoms with van der Waals surface area (Å²) in [5.41, 5.74) is 0. The summed E-state index contributed by atoms with van der Waals surface area (Å²) in [5, 5.41) is 16.2. The van der Waals surface area contributed by atoms with Crippen molar-refractivity contribution in [2.45, 2.75) is 83.8 Å². The standard InChI is InChI=1S/C25H41N3O4/c1-5-16-11-12-19-21(20(16)23(30)26-4)25(32)28(18(14-29)13-15(2)3)22(19)24(31)27-17-9-7-6-8-10-17/h11-12,15-22,29H,5-10,13-14H2,1-4H3,(H,26,30)(H,27,31)/t16-,18-,19+,20-,21-,22+/m1/s1. The Bertz CT molecular complexity index is 716. The van der Waals surface area contributed by atoms with E-state index in [1.807, 2.05) is 32.9 Å². The summed E-state index contributed by atoms with van der Waals surface area (Å²) in [6.45, 7) is 5.93. The molecule has 3 N–H and O–H groups in total. The maximum Gasteiger partial charge on any atom is 0.243 e. The summed E-state index contributed by atoms with van der Waals surface area (Å²) < 4.78 is 0. The van der Waals surface area contributed by atoms with Gasteiger partial charge in [-0.05, 0) is 37.5 Å². The smallest absolute Gasteiger partial charge is 0.243 e. The summed E-state index contributed by atoms with van der Waals surface area (Å²) >= 11 is 0. The molecular formula is C25H41N3O4. The molecule has 2 aliphatic carbocycles. The van der Waals surface area contributed by atoms with Crippen LogP contribution in [0.25, 0.3) is 0 Å². The SMILES string of the molecule is CC[C@@H]1C=C[C@H]2[C@@H](C(=O)N([C@@H](CO)CC(C)C)[C@@H]2C(=O)NC2CCCCC2)[C@@H]1C(=O)NC. The number of likely N-dealkylation sites (tertiary alicyclic amines) is 1. The Morgan fingerprint density at radius 1 is 1.16 bits per heavy atom.